The van der Waals surface area contributed by atoms with Crippen LogP contribution in [0.4, 0.5) is 5.69 Å². The molecule has 1 aliphatic heterocycles. The highest BCUT2D eigenvalue weighted by Gasteiger charge is 2.58. The molecule has 1 atom stereocenters. The Balaban J connectivity index is 1.73. The van der Waals surface area contributed by atoms with Crippen LogP contribution in [0.2, 0.25) is 0 Å². The molecule has 3 aromatic carbocycles. The van der Waals surface area contributed by atoms with Crippen LogP contribution >= 0.6 is 15.9 Å². The van der Waals surface area contributed by atoms with Gasteiger partial charge in [0.1, 0.15) is 0 Å². The normalized spacial score (nSPS) is 21.1. The molecule has 3 aromatic rings. The number of benzene rings is 3. The molecule has 0 radical (unpaired) electrons. The Morgan fingerprint density at radius 1 is 0.895 bits per heavy atom. The van der Waals surface area contributed by atoms with Crippen LogP contribution in [0.1, 0.15) is 43.2 Å². The molecule has 0 bridgehead atoms. The van der Waals surface area contributed by atoms with Crippen molar-refractivity contribution < 1.29 is 19.1 Å². The first-order chi connectivity index (χ1) is 18.5. The molecule has 0 spiro atoms. The molecule has 1 saturated carbocycles. The fourth-order valence-electron chi connectivity index (χ4n) is 5.54. The summed E-state index contributed by atoms with van der Waals surface area (Å²) in [6.45, 7) is 0. The molecule has 2 aliphatic rings. The number of ether oxygens (including phenoxy) is 2. The maximum Gasteiger partial charge on any atom is 0.264 e. The predicted octanol–water partition coefficient (Wildman–Crippen LogP) is 6.56. The first-order valence-corrected chi connectivity index (χ1v) is 13.7. The third-order valence-corrected chi connectivity index (χ3v) is 7.96. The number of carbonyl (C=O) groups excluding carboxylic acids is 2. The summed E-state index contributed by atoms with van der Waals surface area (Å²) in [5.74, 6) is 0.599. The van der Waals surface area contributed by atoms with Crippen LogP contribution in [0.15, 0.2) is 82.8 Å². The molecule has 6 nitrogen and oxygen atoms in total. The number of anilines is 1. The van der Waals surface area contributed by atoms with Gasteiger partial charge in [0, 0.05) is 22.3 Å². The predicted molar refractivity (Wildman–Crippen MR) is 152 cm³/mol. The van der Waals surface area contributed by atoms with Crippen molar-refractivity contribution in [2.75, 3.05) is 19.5 Å². The lowest BCUT2D eigenvalue weighted by Crippen LogP contribution is -2.48. The van der Waals surface area contributed by atoms with E-state index in [-0.39, 0.29) is 17.9 Å². The van der Waals surface area contributed by atoms with Gasteiger partial charge in [0.2, 0.25) is 0 Å². The number of carbonyl (C=O) groups is 2. The van der Waals surface area contributed by atoms with E-state index in [1.807, 2.05) is 66.7 Å². The molecular weight excluding hydrogens is 544 g/mol. The number of halogens is 1. The summed E-state index contributed by atoms with van der Waals surface area (Å²) in [6, 6.07) is 22.6. The van der Waals surface area contributed by atoms with Gasteiger partial charge in [-0.15, -0.1) is 0 Å². The zero-order chi connectivity index (χ0) is 26.7. The van der Waals surface area contributed by atoms with Crippen molar-refractivity contribution in [2.24, 2.45) is 0 Å². The second-order valence-electron chi connectivity index (χ2n) is 9.69. The summed E-state index contributed by atoms with van der Waals surface area (Å²) < 4.78 is 11.8. The lowest BCUT2D eigenvalue weighted by molar-refractivity contribution is -0.142. The zero-order valence-electron chi connectivity index (χ0n) is 21.6. The van der Waals surface area contributed by atoms with Gasteiger partial charge in [-0.05, 0) is 54.3 Å². The second kappa shape index (κ2) is 11.0. The van der Waals surface area contributed by atoms with Gasteiger partial charge in [-0.2, -0.15) is 0 Å². The van der Waals surface area contributed by atoms with Crippen LogP contribution in [-0.4, -0.2) is 37.0 Å². The minimum Gasteiger partial charge on any atom is -0.493 e. The van der Waals surface area contributed by atoms with E-state index in [9.17, 15) is 9.59 Å². The standard InChI is InChI=1S/C31H31BrN2O4/c1-37-27-18-17-24(20-28(27)38-2)33-31(22-13-15-23(32)16-14-22)26(19-21-9-5-3-6-10-21)29(35)34(30(31)36)25-11-7-4-8-12-25/h3,5-6,9-10,13-20,25,33H,4,7-8,11-12H2,1-2H3. The van der Waals surface area contributed by atoms with E-state index in [1.54, 1.807) is 26.4 Å². The molecule has 1 heterocycles. The molecule has 1 N–H and O–H groups in total. The van der Waals surface area contributed by atoms with Gasteiger partial charge in [0.25, 0.3) is 11.8 Å². The molecule has 0 aromatic heterocycles. The molecule has 1 unspecified atom stereocenters. The molecule has 2 amide bonds. The Labute approximate surface area is 231 Å². The summed E-state index contributed by atoms with van der Waals surface area (Å²) in [4.78, 5) is 30.4. The fourth-order valence-corrected chi connectivity index (χ4v) is 5.80. The monoisotopic (exact) mass is 574 g/mol. The largest absolute Gasteiger partial charge is 0.493 e. The van der Waals surface area contributed by atoms with Crippen LogP contribution in [0.25, 0.3) is 6.08 Å². The lowest BCUT2D eigenvalue weighted by atomic mass is 9.82. The van der Waals surface area contributed by atoms with Crippen LogP contribution in [-0.2, 0) is 15.1 Å². The number of hydrogen-bond donors (Lipinski definition) is 1. The number of amides is 2. The van der Waals surface area contributed by atoms with Crippen molar-refractivity contribution in [1.29, 1.82) is 0 Å². The average molecular weight is 576 g/mol. The smallest absolute Gasteiger partial charge is 0.264 e. The second-order valence-corrected chi connectivity index (χ2v) is 10.6. The highest BCUT2D eigenvalue weighted by molar-refractivity contribution is 9.10. The Bertz CT molecular complexity index is 1350. The summed E-state index contributed by atoms with van der Waals surface area (Å²) in [6.07, 6.45) is 6.63. The maximum atomic E-state index is 14.6. The third kappa shape index (κ3) is 4.71. The Kier molecular flexibility index (Phi) is 7.56. The SMILES string of the molecule is COc1ccc(NC2(c3ccc(Br)cc3)C(=O)N(C3CCCCC3)C(=O)C2=Cc2ccccc2)cc1OC. The molecule has 2 fully saturated rings. The first-order valence-electron chi connectivity index (χ1n) is 12.9. The Morgan fingerprint density at radius 3 is 2.24 bits per heavy atom. The van der Waals surface area contributed by atoms with E-state index < -0.39 is 5.54 Å². The number of rotatable bonds is 7. The van der Waals surface area contributed by atoms with E-state index in [0.29, 0.717) is 28.3 Å². The van der Waals surface area contributed by atoms with Crippen LogP contribution in [0.5, 0.6) is 11.5 Å². The number of likely N-dealkylation sites (tertiary alicyclic amines) is 1. The highest BCUT2D eigenvalue weighted by atomic mass is 79.9. The van der Waals surface area contributed by atoms with E-state index in [1.165, 1.54) is 4.90 Å². The third-order valence-electron chi connectivity index (χ3n) is 7.44. The molecule has 1 aliphatic carbocycles. The molecule has 196 valence electrons. The van der Waals surface area contributed by atoms with E-state index in [2.05, 4.69) is 21.2 Å². The summed E-state index contributed by atoms with van der Waals surface area (Å²) in [5, 5.41) is 3.50. The highest BCUT2D eigenvalue weighted by Crippen LogP contribution is 2.46. The number of imide groups is 1. The van der Waals surface area contributed by atoms with Crippen molar-refractivity contribution in [1.82, 2.24) is 4.90 Å². The number of nitrogens with one attached hydrogen (secondary N) is 1. The van der Waals surface area contributed by atoms with Crippen LogP contribution in [0.3, 0.4) is 0 Å². The average Bonchev–Trinajstić information content (AvgIpc) is 3.15. The van der Waals surface area contributed by atoms with Crippen molar-refractivity contribution in [3.8, 4) is 11.5 Å². The lowest BCUT2D eigenvalue weighted by Gasteiger charge is -2.34. The quantitative estimate of drug-likeness (QED) is 0.255. The van der Waals surface area contributed by atoms with Crippen LogP contribution < -0.4 is 14.8 Å². The maximum absolute atomic E-state index is 14.6. The topological polar surface area (TPSA) is 67.9 Å². The van der Waals surface area contributed by atoms with Gasteiger partial charge in [-0.3, -0.25) is 14.5 Å². The molecule has 5 rings (SSSR count). The molecular formula is C31H31BrN2O4. The Morgan fingerprint density at radius 2 is 1.58 bits per heavy atom. The summed E-state index contributed by atoms with van der Waals surface area (Å²) >= 11 is 3.52. The number of nitrogens with zero attached hydrogens (tertiary/aromatic N) is 1. The number of methoxy groups -OCH3 is 2. The Hall–Kier alpha value is -3.58. The van der Waals surface area contributed by atoms with Gasteiger partial charge in [-0.25, -0.2) is 0 Å². The van der Waals surface area contributed by atoms with Crippen molar-refractivity contribution >= 4 is 39.5 Å². The molecule has 7 heteroatoms. The van der Waals surface area contributed by atoms with Crippen LogP contribution in [0, 0.1) is 0 Å². The fraction of sp³-hybridized carbons (Fsp3) is 0.290. The van der Waals surface area contributed by atoms with E-state index >= 15 is 0 Å². The van der Waals surface area contributed by atoms with Crippen molar-refractivity contribution in [2.45, 2.75) is 43.7 Å². The molecule has 1 saturated heterocycles. The van der Waals surface area contributed by atoms with Gasteiger partial charge in [0.15, 0.2) is 17.0 Å². The zero-order valence-corrected chi connectivity index (χ0v) is 23.2. The van der Waals surface area contributed by atoms with Gasteiger partial charge in [0.05, 0.1) is 19.8 Å². The van der Waals surface area contributed by atoms with Crippen molar-refractivity contribution in [3.05, 3.63) is 94.0 Å². The van der Waals surface area contributed by atoms with Gasteiger partial charge in [-0.1, -0.05) is 77.7 Å². The summed E-state index contributed by atoms with van der Waals surface area (Å²) in [5.41, 5.74) is 1.15. The minimum atomic E-state index is -1.43. The minimum absolute atomic E-state index is 0.118. The number of hydrogen-bond acceptors (Lipinski definition) is 5. The van der Waals surface area contributed by atoms with E-state index in [4.69, 9.17) is 9.47 Å². The van der Waals surface area contributed by atoms with Gasteiger partial charge >= 0.3 is 0 Å². The van der Waals surface area contributed by atoms with Crippen molar-refractivity contribution in [3.63, 3.8) is 0 Å². The van der Waals surface area contributed by atoms with E-state index in [0.717, 1.165) is 42.1 Å². The molecule has 38 heavy (non-hydrogen) atoms. The first kappa shape index (κ1) is 26.0. The summed E-state index contributed by atoms with van der Waals surface area (Å²) in [7, 11) is 3.15. The van der Waals surface area contributed by atoms with Gasteiger partial charge < -0.3 is 14.8 Å².